The lowest BCUT2D eigenvalue weighted by molar-refractivity contribution is -0.121. The molecule has 0 bridgehead atoms. The van der Waals surface area contributed by atoms with Crippen LogP contribution in [0.15, 0.2) is 16.6 Å². The molecule has 0 aromatic heterocycles. The summed E-state index contributed by atoms with van der Waals surface area (Å²) < 4.78 is 13.4. The lowest BCUT2D eigenvalue weighted by Gasteiger charge is -2.17. The Kier molecular flexibility index (Phi) is 4.66. The van der Waals surface area contributed by atoms with Gasteiger partial charge in [0.15, 0.2) is 0 Å². The predicted molar refractivity (Wildman–Crippen MR) is 69.5 cm³/mol. The number of anilines is 1. The van der Waals surface area contributed by atoms with Crippen LogP contribution in [0.5, 0.6) is 0 Å². The SMILES string of the molecule is CNC(=O)CN(C)C(=O)c1cc(N)c(F)cc1Br. The molecule has 0 saturated heterocycles. The molecule has 98 valence electrons. The zero-order chi connectivity index (χ0) is 13.9. The van der Waals surface area contributed by atoms with Crippen LogP contribution >= 0.6 is 15.9 Å². The third-order valence-electron chi connectivity index (χ3n) is 2.32. The molecular weight excluding hydrogens is 305 g/mol. The summed E-state index contributed by atoms with van der Waals surface area (Å²) in [6.07, 6.45) is 0. The lowest BCUT2D eigenvalue weighted by Crippen LogP contribution is -2.37. The number of hydrogen-bond acceptors (Lipinski definition) is 3. The Morgan fingerprint density at radius 3 is 2.67 bits per heavy atom. The zero-order valence-electron chi connectivity index (χ0n) is 9.96. The van der Waals surface area contributed by atoms with Gasteiger partial charge in [-0.3, -0.25) is 9.59 Å². The molecule has 0 radical (unpaired) electrons. The van der Waals surface area contributed by atoms with Crippen molar-refractivity contribution in [3.63, 3.8) is 0 Å². The van der Waals surface area contributed by atoms with Crippen molar-refractivity contribution >= 4 is 33.4 Å². The van der Waals surface area contributed by atoms with E-state index in [1.807, 2.05) is 0 Å². The number of benzene rings is 1. The van der Waals surface area contributed by atoms with E-state index in [0.717, 1.165) is 6.07 Å². The Morgan fingerprint density at radius 1 is 1.50 bits per heavy atom. The molecule has 0 aliphatic rings. The highest BCUT2D eigenvalue weighted by molar-refractivity contribution is 9.10. The Balaban J connectivity index is 2.97. The van der Waals surface area contributed by atoms with Gasteiger partial charge in [0.05, 0.1) is 17.8 Å². The standard InChI is InChI=1S/C11H13BrFN3O2/c1-15-10(17)5-16(2)11(18)6-3-9(14)8(13)4-7(6)12/h3-4H,5,14H2,1-2H3,(H,15,17). The van der Waals surface area contributed by atoms with E-state index in [1.165, 1.54) is 25.1 Å². The zero-order valence-corrected chi connectivity index (χ0v) is 11.5. The highest BCUT2D eigenvalue weighted by Gasteiger charge is 2.18. The average Bonchev–Trinajstić information content (AvgIpc) is 2.32. The second-order valence-corrected chi connectivity index (χ2v) is 4.54. The maximum absolute atomic E-state index is 13.1. The van der Waals surface area contributed by atoms with Crippen molar-refractivity contribution in [2.45, 2.75) is 0 Å². The van der Waals surface area contributed by atoms with Gasteiger partial charge in [-0.15, -0.1) is 0 Å². The first-order valence-corrected chi connectivity index (χ1v) is 5.86. The highest BCUT2D eigenvalue weighted by Crippen LogP contribution is 2.23. The van der Waals surface area contributed by atoms with E-state index in [-0.39, 0.29) is 23.7 Å². The van der Waals surface area contributed by atoms with E-state index in [9.17, 15) is 14.0 Å². The normalized spacial score (nSPS) is 10.0. The largest absolute Gasteiger partial charge is 0.396 e. The van der Waals surface area contributed by atoms with Crippen LogP contribution in [0.2, 0.25) is 0 Å². The third kappa shape index (κ3) is 3.19. The Hall–Kier alpha value is -1.63. The maximum Gasteiger partial charge on any atom is 0.255 e. The van der Waals surface area contributed by atoms with Crippen LogP contribution in [0.1, 0.15) is 10.4 Å². The molecule has 0 saturated carbocycles. The molecule has 3 N–H and O–H groups in total. The summed E-state index contributed by atoms with van der Waals surface area (Å²) >= 11 is 3.09. The van der Waals surface area contributed by atoms with Gasteiger partial charge in [-0.05, 0) is 28.1 Å². The van der Waals surface area contributed by atoms with Crippen molar-refractivity contribution in [2.24, 2.45) is 0 Å². The van der Waals surface area contributed by atoms with Crippen molar-refractivity contribution in [1.82, 2.24) is 10.2 Å². The quantitative estimate of drug-likeness (QED) is 0.816. The second kappa shape index (κ2) is 5.81. The first-order valence-electron chi connectivity index (χ1n) is 5.07. The fraction of sp³-hybridized carbons (Fsp3) is 0.273. The molecule has 0 fully saturated rings. The number of rotatable bonds is 3. The molecule has 1 aromatic carbocycles. The van der Waals surface area contributed by atoms with Gasteiger partial charge < -0.3 is 16.0 Å². The lowest BCUT2D eigenvalue weighted by atomic mass is 10.1. The Bertz CT molecular complexity index is 493. The fourth-order valence-corrected chi connectivity index (χ4v) is 1.79. The van der Waals surface area contributed by atoms with Gasteiger partial charge in [0.2, 0.25) is 5.91 Å². The first kappa shape index (κ1) is 14.4. The maximum atomic E-state index is 13.1. The molecular formula is C11H13BrFN3O2. The third-order valence-corrected chi connectivity index (χ3v) is 2.98. The molecule has 2 amide bonds. The molecule has 7 heteroatoms. The smallest absolute Gasteiger partial charge is 0.255 e. The number of likely N-dealkylation sites (N-methyl/N-ethyl adjacent to an activating group) is 2. The van der Waals surface area contributed by atoms with Gasteiger partial charge in [0.1, 0.15) is 5.82 Å². The van der Waals surface area contributed by atoms with Gasteiger partial charge in [-0.2, -0.15) is 0 Å². The fourth-order valence-electron chi connectivity index (χ4n) is 1.30. The van der Waals surface area contributed by atoms with Crippen LogP contribution in [0.4, 0.5) is 10.1 Å². The van der Waals surface area contributed by atoms with Crippen LogP contribution in [0.25, 0.3) is 0 Å². The molecule has 1 rings (SSSR count). The minimum Gasteiger partial charge on any atom is -0.396 e. The van der Waals surface area contributed by atoms with Gasteiger partial charge in [-0.1, -0.05) is 0 Å². The van der Waals surface area contributed by atoms with Crippen LogP contribution < -0.4 is 11.1 Å². The minimum absolute atomic E-state index is 0.0843. The van der Waals surface area contributed by atoms with E-state index in [0.29, 0.717) is 4.47 Å². The summed E-state index contributed by atoms with van der Waals surface area (Å²) in [6.45, 7) is -0.0843. The van der Waals surface area contributed by atoms with Gasteiger partial charge in [-0.25, -0.2) is 4.39 Å². The molecule has 0 atom stereocenters. The van der Waals surface area contributed by atoms with Gasteiger partial charge in [0.25, 0.3) is 5.91 Å². The molecule has 0 aliphatic heterocycles. The number of nitrogen functional groups attached to an aromatic ring is 1. The number of hydrogen-bond donors (Lipinski definition) is 2. The van der Waals surface area contributed by atoms with Gasteiger partial charge in [0, 0.05) is 18.6 Å². The predicted octanol–water partition coefficient (Wildman–Crippen LogP) is 0.988. The van der Waals surface area contributed by atoms with Gasteiger partial charge >= 0.3 is 0 Å². The van der Waals surface area contributed by atoms with Crippen molar-refractivity contribution in [1.29, 1.82) is 0 Å². The summed E-state index contributed by atoms with van der Waals surface area (Å²) in [4.78, 5) is 24.4. The topological polar surface area (TPSA) is 75.4 Å². The van der Waals surface area contributed by atoms with E-state index >= 15 is 0 Å². The van der Waals surface area contributed by atoms with Crippen molar-refractivity contribution in [3.05, 3.63) is 28.0 Å². The van der Waals surface area contributed by atoms with Crippen LogP contribution in [0.3, 0.4) is 0 Å². The van der Waals surface area contributed by atoms with Crippen LogP contribution in [0, 0.1) is 5.82 Å². The van der Waals surface area contributed by atoms with E-state index in [2.05, 4.69) is 21.2 Å². The summed E-state index contributed by atoms with van der Waals surface area (Å²) in [6, 6.07) is 2.36. The number of nitrogens with two attached hydrogens (primary N) is 1. The molecule has 18 heavy (non-hydrogen) atoms. The molecule has 0 spiro atoms. The summed E-state index contributed by atoms with van der Waals surface area (Å²) in [5.41, 5.74) is 5.50. The molecule has 1 aromatic rings. The number of carbonyl (C=O) groups is 2. The average molecular weight is 318 g/mol. The molecule has 0 heterocycles. The molecule has 0 aliphatic carbocycles. The number of nitrogens with one attached hydrogen (secondary N) is 1. The van der Waals surface area contributed by atoms with Crippen molar-refractivity contribution < 1.29 is 14.0 Å². The number of carbonyl (C=O) groups excluding carboxylic acids is 2. The highest BCUT2D eigenvalue weighted by atomic mass is 79.9. The summed E-state index contributed by atoms with van der Waals surface area (Å²) in [5.74, 6) is -1.32. The monoisotopic (exact) mass is 317 g/mol. The minimum atomic E-state index is -0.604. The molecule has 0 unspecified atom stereocenters. The summed E-state index contributed by atoms with van der Waals surface area (Å²) in [5, 5.41) is 2.41. The molecule has 5 nitrogen and oxygen atoms in total. The first-order chi connectivity index (χ1) is 8.36. The van der Waals surface area contributed by atoms with E-state index < -0.39 is 11.7 Å². The second-order valence-electron chi connectivity index (χ2n) is 3.69. The number of amides is 2. The van der Waals surface area contributed by atoms with Crippen LogP contribution in [-0.2, 0) is 4.79 Å². The Morgan fingerprint density at radius 2 is 2.11 bits per heavy atom. The van der Waals surface area contributed by atoms with Crippen molar-refractivity contribution in [3.8, 4) is 0 Å². The Labute approximate surface area is 112 Å². The van der Waals surface area contributed by atoms with Crippen molar-refractivity contribution in [2.75, 3.05) is 26.4 Å². The number of nitrogens with zero attached hydrogens (tertiary/aromatic N) is 1. The number of halogens is 2. The van der Waals surface area contributed by atoms with E-state index in [4.69, 9.17) is 5.73 Å². The van der Waals surface area contributed by atoms with E-state index in [1.54, 1.807) is 0 Å². The summed E-state index contributed by atoms with van der Waals surface area (Å²) in [7, 11) is 2.95. The van der Waals surface area contributed by atoms with Crippen LogP contribution in [-0.4, -0.2) is 37.4 Å².